The van der Waals surface area contributed by atoms with E-state index in [2.05, 4.69) is 67.5 Å². The molecule has 0 spiro atoms. The molecule has 0 saturated heterocycles. The van der Waals surface area contributed by atoms with Crippen LogP contribution in [0.4, 0.5) is 0 Å². The molecule has 0 bridgehead atoms. The molecule has 0 radical (unpaired) electrons. The fraction of sp³-hybridized carbons (Fsp3) is 0.421. The van der Waals surface area contributed by atoms with Gasteiger partial charge in [-0.3, -0.25) is 4.98 Å². The zero-order chi connectivity index (χ0) is 15.1. The summed E-state index contributed by atoms with van der Waals surface area (Å²) in [6.45, 7) is 6.77. The largest absolute Gasteiger partial charge is 0.303 e. The standard InChI is InChI=1S/C19H26N2/c1-4-16(5-2)19(17-10-7-6-8-11-17)21-15(3)18-12-9-13-20-14-18/h6-16,19,21H,4-5H2,1-3H3. The first-order valence-electron chi connectivity index (χ1n) is 7.97. The second kappa shape index (κ2) is 7.94. The lowest BCUT2D eigenvalue weighted by atomic mass is 9.88. The number of rotatable bonds is 7. The maximum Gasteiger partial charge on any atom is 0.0353 e. The highest BCUT2D eigenvalue weighted by Crippen LogP contribution is 2.30. The monoisotopic (exact) mass is 282 g/mol. The minimum Gasteiger partial charge on any atom is -0.303 e. The van der Waals surface area contributed by atoms with Crippen molar-refractivity contribution in [2.75, 3.05) is 0 Å². The fourth-order valence-corrected chi connectivity index (χ4v) is 2.92. The van der Waals surface area contributed by atoms with Crippen molar-refractivity contribution in [2.45, 2.75) is 45.7 Å². The zero-order valence-electron chi connectivity index (χ0n) is 13.3. The summed E-state index contributed by atoms with van der Waals surface area (Å²) in [6, 6.07) is 15.6. The Balaban J connectivity index is 2.20. The Morgan fingerprint density at radius 1 is 0.952 bits per heavy atom. The van der Waals surface area contributed by atoms with E-state index in [1.807, 2.05) is 18.5 Å². The molecule has 1 N–H and O–H groups in total. The van der Waals surface area contributed by atoms with Gasteiger partial charge in [0.05, 0.1) is 0 Å². The van der Waals surface area contributed by atoms with Crippen LogP contribution in [0.1, 0.15) is 56.8 Å². The molecule has 0 saturated carbocycles. The van der Waals surface area contributed by atoms with E-state index in [-0.39, 0.29) is 0 Å². The van der Waals surface area contributed by atoms with Gasteiger partial charge in [0.1, 0.15) is 0 Å². The molecule has 2 unspecified atom stereocenters. The van der Waals surface area contributed by atoms with Crippen LogP contribution in [0.3, 0.4) is 0 Å². The Labute approximate surface area is 128 Å². The lowest BCUT2D eigenvalue weighted by Gasteiger charge is -2.30. The number of benzene rings is 1. The van der Waals surface area contributed by atoms with Crippen LogP contribution in [0, 0.1) is 5.92 Å². The van der Waals surface area contributed by atoms with Gasteiger partial charge >= 0.3 is 0 Å². The fourth-order valence-electron chi connectivity index (χ4n) is 2.92. The Kier molecular flexibility index (Phi) is 5.94. The van der Waals surface area contributed by atoms with E-state index in [0.29, 0.717) is 18.0 Å². The van der Waals surface area contributed by atoms with E-state index in [0.717, 1.165) is 0 Å². The number of hydrogen-bond acceptors (Lipinski definition) is 2. The van der Waals surface area contributed by atoms with E-state index in [4.69, 9.17) is 0 Å². The Hall–Kier alpha value is -1.67. The van der Waals surface area contributed by atoms with Gasteiger partial charge in [-0.15, -0.1) is 0 Å². The molecule has 0 fully saturated rings. The van der Waals surface area contributed by atoms with Crippen LogP contribution in [-0.2, 0) is 0 Å². The topological polar surface area (TPSA) is 24.9 Å². The first-order chi connectivity index (χ1) is 10.3. The van der Waals surface area contributed by atoms with Crippen molar-refractivity contribution in [2.24, 2.45) is 5.92 Å². The predicted molar refractivity (Wildman–Crippen MR) is 89.0 cm³/mol. The minimum absolute atomic E-state index is 0.296. The molecule has 0 aliphatic heterocycles. The summed E-state index contributed by atoms with van der Waals surface area (Å²) in [5.41, 5.74) is 2.62. The maximum atomic E-state index is 4.23. The van der Waals surface area contributed by atoms with Crippen LogP contribution in [-0.4, -0.2) is 4.98 Å². The quantitative estimate of drug-likeness (QED) is 0.780. The van der Waals surface area contributed by atoms with Crippen LogP contribution in [0.25, 0.3) is 0 Å². The van der Waals surface area contributed by atoms with Gasteiger partial charge in [-0.05, 0) is 30.0 Å². The molecule has 0 amide bonds. The highest BCUT2D eigenvalue weighted by atomic mass is 15.0. The molecule has 2 rings (SSSR count). The van der Waals surface area contributed by atoms with Gasteiger partial charge in [-0.1, -0.05) is 63.1 Å². The van der Waals surface area contributed by atoms with Gasteiger partial charge in [0.2, 0.25) is 0 Å². The number of aromatic nitrogens is 1. The van der Waals surface area contributed by atoms with Crippen LogP contribution in [0.2, 0.25) is 0 Å². The SMILES string of the molecule is CCC(CC)C(NC(C)c1cccnc1)c1ccccc1. The first kappa shape index (κ1) is 15.7. The maximum absolute atomic E-state index is 4.23. The van der Waals surface area contributed by atoms with Crippen molar-refractivity contribution >= 4 is 0 Å². The Morgan fingerprint density at radius 2 is 1.62 bits per heavy atom. The van der Waals surface area contributed by atoms with Crippen molar-refractivity contribution in [3.05, 3.63) is 66.0 Å². The van der Waals surface area contributed by atoms with Gasteiger partial charge < -0.3 is 5.32 Å². The van der Waals surface area contributed by atoms with Gasteiger partial charge in [0, 0.05) is 24.5 Å². The second-order valence-corrected chi connectivity index (χ2v) is 5.64. The summed E-state index contributed by atoms with van der Waals surface area (Å²) in [4.78, 5) is 4.23. The molecule has 0 aliphatic carbocycles. The third-order valence-electron chi connectivity index (χ3n) is 4.29. The van der Waals surface area contributed by atoms with Crippen LogP contribution >= 0.6 is 0 Å². The van der Waals surface area contributed by atoms with Crippen LogP contribution < -0.4 is 5.32 Å². The highest BCUT2D eigenvalue weighted by molar-refractivity contribution is 5.21. The van der Waals surface area contributed by atoms with Crippen LogP contribution in [0.15, 0.2) is 54.9 Å². The molecular weight excluding hydrogens is 256 g/mol. The average Bonchev–Trinajstić information content (AvgIpc) is 2.56. The lowest BCUT2D eigenvalue weighted by molar-refractivity contribution is 0.316. The Morgan fingerprint density at radius 3 is 2.19 bits per heavy atom. The molecule has 1 heterocycles. The molecule has 1 aromatic heterocycles. The van der Waals surface area contributed by atoms with Crippen molar-refractivity contribution in [1.82, 2.24) is 10.3 Å². The zero-order valence-corrected chi connectivity index (χ0v) is 13.3. The van der Waals surface area contributed by atoms with E-state index >= 15 is 0 Å². The molecule has 2 nitrogen and oxygen atoms in total. The predicted octanol–water partition coefficient (Wildman–Crippen LogP) is 4.91. The average molecular weight is 282 g/mol. The van der Waals surface area contributed by atoms with Crippen molar-refractivity contribution in [3.8, 4) is 0 Å². The smallest absolute Gasteiger partial charge is 0.0353 e. The van der Waals surface area contributed by atoms with Gasteiger partial charge in [-0.2, -0.15) is 0 Å². The normalized spacial score (nSPS) is 14.1. The minimum atomic E-state index is 0.296. The van der Waals surface area contributed by atoms with Gasteiger partial charge in [-0.25, -0.2) is 0 Å². The van der Waals surface area contributed by atoms with Gasteiger partial charge in [0.25, 0.3) is 0 Å². The summed E-state index contributed by atoms with van der Waals surface area (Å²) >= 11 is 0. The molecule has 112 valence electrons. The number of nitrogens with one attached hydrogen (secondary N) is 1. The number of nitrogens with zero attached hydrogens (tertiary/aromatic N) is 1. The van der Waals surface area contributed by atoms with E-state index in [9.17, 15) is 0 Å². The number of hydrogen-bond donors (Lipinski definition) is 1. The van der Waals surface area contributed by atoms with Crippen LogP contribution in [0.5, 0.6) is 0 Å². The summed E-state index contributed by atoms with van der Waals surface area (Å²) in [5, 5.41) is 3.81. The molecule has 21 heavy (non-hydrogen) atoms. The third kappa shape index (κ3) is 4.15. The van der Waals surface area contributed by atoms with E-state index in [1.54, 1.807) is 0 Å². The number of pyridine rings is 1. The molecule has 2 aromatic rings. The van der Waals surface area contributed by atoms with Crippen molar-refractivity contribution in [3.63, 3.8) is 0 Å². The summed E-state index contributed by atoms with van der Waals surface area (Å²) in [5.74, 6) is 0.645. The Bertz CT molecular complexity index is 506. The van der Waals surface area contributed by atoms with E-state index < -0.39 is 0 Å². The third-order valence-corrected chi connectivity index (χ3v) is 4.29. The molecule has 2 atom stereocenters. The lowest BCUT2D eigenvalue weighted by Crippen LogP contribution is -2.30. The summed E-state index contributed by atoms with van der Waals surface area (Å²) < 4.78 is 0. The molecular formula is C19H26N2. The second-order valence-electron chi connectivity index (χ2n) is 5.64. The molecule has 1 aromatic carbocycles. The summed E-state index contributed by atoms with van der Waals surface area (Å²) in [6.07, 6.45) is 6.14. The molecule has 2 heteroatoms. The first-order valence-corrected chi connectivity index (χ1v) is 7.97. The van der Waals surface area contributed by atoms with Crippen molar-refractivity contribution < 1.29 is 0 Å². The van der Waals surface area contributed by atoms with Gasteiger partial charge in [0.15, 0.2) is 0 Å². The van der Waals surface area contributed by atoms with Crippen molar-refractivity contribution in [1.29, 1.82) is 0 Å². The molecule has 0 aliphatic rings. The highest BCUT2D eigenvalue weighted by Gasteiger charge is 2.22. The van der Waals surface area contributed by atoms with E-state index in [1.165, 1.54) is 24.0 Å². The summed E-state index contributed by atoms with van der Waals surface area (Å²) in [7, 11) is 0.